The van der Waals surface area contributed by atoms with Crippen LogP contribution in [0.15, 0.2) is 0 Å². The summed E-state index contributed by atoms with van der Waals surface area (Å²) in [5.41, 5.74) is 0. The van der Waals surface area contributed by atoms with Crippen molar-refractivity contribution in [2.24, 2.45) is 0 Å². The monoisotopic (exact) mass is 196 g/mol. The highest BCUT2D eigenvalue weighted by Gasteiger charge is 1.98. The van der Waals surface area contributed by atoms with Gasteiger partial charge in [0.15, 0.2) is 0 Å². The highest BCUT2D eigenvalue weighted by Crippen LogP contribution is 2.05. The highest BCUT2D eigenvalue weighted by atomic mass is 35.5. The van der Waals surface area contributed by atoms with E-state index in [9.17, 15) is 4.79 Å². The second kappa shape index (κ2) is 8.21. The molecule has 0 bridgehead atoms. The summed E-state index contributed by atoms with van der Waals surface area (Å²) in [7, 11) is 1.41. The van der Waals surface area contributed by atoms with Gasteiger partial charge in [-0.3, -0.25) is 4.79 Å². The molecule has 0 aliphatic rings. The summed E-state index contributed by atoms with van der Waals surface area (Å²) in [6.07, 6.45) is 1.51. The minimum atomic E-state index is -0.136. The average molecular weight is 197 g/mol. The van der Waals surface area contributed by atoms with E-state index >= 15 is 0 Å². The van der Waals surface area contributed by atoms with Crippen LogP contribution < -0.4 is 0 Å². The number of hydrogen-bond donors (Lipinski definition) is 0. The number of thioether (sulfide) groups is 1. The first kappa shape index (κ1) is 11.1. The van der Waals surface area contributed by atoms with Gasteiger partial charge in [0.2, 0.25) is 0 Å². The molecule has 0 spiro atoms. The first-order valence-corrected chi connectivity index (χ1v) is 5.20. The van der Waals surface area contributed by atoms with Gasteiger partial charge >= 0.3 is 5.97 Å². The number of halogens is 1. The largest absolute Gasteiger partial charge is 0.469 e. The van der Waals surface area contributed by atoms with Crippen molar-refractivity contribution in [3.8, 4) is 0 Å². The van der Waals surface area contributed by atoms with Crippen LogP contribution in [0, 0.1) is 0 Å². The molecule has 0 rings (SSSR count). The average Bonchev–Trinajstić information content (AvgIpc) is 2.04. The van der Waals surface area contributed by atoms with Crippen LogP contribution in [0.3, 0.4) is 0 Å². The van der Waals surface area contributed by atoms with Gasteiger partial charge in [0.05, 0.1) is 13.5 Å². The predicted octanol–water partition coefficient (Wildman–Crippen LogP) is 1.91. The van der Waals surface area contributed by atoms with E-state index in [1.165, 1.54) is 7.11 Å². The zero-order valence-electron chi connectivity index (χ0n) is 6.64. The van der Waals surface area contributed by atoms with Crippen molar-refractivity contribution < 1.29 is 9.53 Å². The molecular weight excluding hydrogens is 184 g/mol. The molecule has 0 aromatic carbocycles. The summed E-state index contributed by atoms with van der Waals surface area (Å²) in [6.45, 7) is 0. The Morgan fingerprint density at radius 3 is 2.82 bits per heavy atom. The van der Waals surface area contributed by atoms with Crippen molar-refractivity contribution in [2.75, 3.05) is 24.5 Å². The zero-order chi connectivity index (χ0) is 8.53. The van der Waals surface area contributed by atoms with E-state index in [2.05, 4.69) is 4.74 Å². The molecule has 0 aliphatic heterocycles. The molecule has 2 nitrogen and oxygen atoms in total. The molecule has 0 fully saturated rings. The van der Waals surface area contributed by atoms with E-state index in [1.807, 2.05) is 0 Å². The third kappa shape index (κ3) is 8.01. The molecular formula is C7H13ClO2S. The number of hydrogen-bond acceptors (Lipinski definition) is 3. The van der Waals surface area contributed by atoms with Crippen molar-refractivity contribution in [3.63, 3.8) is 0 Å². The van der Waals surface area contributed by atoms with E-state index in [0.29, 0.717) is 12.3 Å². The van der Waals surface area contributed by atoms with Crippen LogP contribution in [0.2, 0.25) is 0 Å². The van der Waals surface area contributed by atoms with Crippen LogP contribution in [0.25, 0.3) is 0 Å². The van der Waals surface area contributed by atoms with Crippen LogP contribution >= 0.6 is 23.4 Å². The number of esters is 1. The number of rotatable bonds is 6. The molecule has 0 atom stereocenters. The third-order valence-electron chi connectivity index (χ3n) is 1.10. The molecule has 0 amide bonds. The number of methoxy groups -OCH3 is 1. The predicted molar refractivity (Wildman–Crippen MR) is 49.3 cm³/mol. The first-order chi connectivity index (χ1) is 5.31. The second-order valence-corrected chi connectivity index (χ2v) is 3.58. The Bertz CT molecular complexity index is 109. The third-order valence-corrected chi connectivity index (χ3v) is 2.44. The lowest BCUT2D eigenvalue weighted by atomic mass is 10.5. The maximum Gasteiger partial charge on any atom is 0.306 e. The number of ether oxygens (including phenoxy) is 1. The minimum absolute atomic E-state index is 0.136. The van der Waals surface area contributed by atoms with Gasteiger partial charge in [-0.05, 0) is 12.2 Å². The Labute approximate surface area is 76.6 Å². The van der Waals surface area contributed by atoms with Gasteiger partial charge in [-0.1, -0.05) is 0 Å². The molecule has 0 saturated heterocycles. The van der Waals surface area contributed by atoms with E-state index in [4.69, 9.17) is 11.6 Å². The molecule has 0 aromatic heterocycles. The van der Waals surface area contributed by atoms with Crippen molar-refractivity contribution in [2.45, 2.75) is 12.8 Å². The van der Waals surface area contributed by atoms with E-state index in [1.54, 1.807) is 11.8 Å². The van der Waals surface area contributed by atoms with Crippen molar-refractivity contribution in [1.29, 1.82) is 0 Å². The van der Waals surface area contributed by atoms with Crippen LogP contribution in [-0.2, 0) is 9.53 Å². The Kier molecular flexibility index (Phi) is 8.29. The number of carbonyl (C=O) groups excluding carboxylic acids is 1. The summed E-state index contributed by atoms with van der Waals surface area (Å²) in [4.78, 5) is 10.6. The standard InChI is InChI=1S/C7H13ClO2S/c1-10-7(9)3-6-11-5-2-4-8/h2-6H2,1H3. The van der Waals surface area contributed by atoms with Gasteiger partial charge in [-0.25, -0.2) is 0 Å². The lowest BCUT2D eigenvalue weighted by Gasteiger charge is -1.98. The van der Waals surface area contributed by atoms with Gasteiger partial charge in [0, 0.05) is 11.6 Å². The fourth-order valence-electron chi connectivity index (χ4n) is 0.516. The van der Waals surface area contributed by atoms with E-state index < -0.39 is 0 Å². The van der Waals surface area contributed by atoms with Crippen molar-refractivity contribution in [3.05, 3.63) is 0 Å². The Balaban J connectivity index is 2.95. The zero-order valence-corrected chi connectivity index (χ0v) is 8.21. The minimum Gasteiger partial charge on any atom is -0.469 e. The van der Waals surface area contributed by atoms with Crippen LogP contribution in [0.5, 0.6) is 0 Å². The summed E-state index contributed by atoms with van der Waals surface area (Å²) in [5, 5.41) is 0. The van der Waals surface area contributed by atoms with Crippen molar-refractivity contribution in [1.82, 2.24) is 0 Å². The molecule has 0 saturated carbocycles. The summed E-state index contributed by atoms with van der Waals surface area (Å²) < 4.78 is 4.48. The Morgan fingerprint density at radius 1 is 1.55 bits per heavy atom. The quantitative estimate of drug-likeness (QED) is 0.369. The molecule has 11 heavy (non-hydrogen) atoms. The number of carbonyl (C=O) groups is 1. The molecule has 0 aromatic rings. The van der Waals surface area contributed by atoms with Gasteiger partial charge in [-0.15, -0.1) is 11.6 Å². The normalized spacial score (nSPS) is 9.64. The molecule has 66 valence electrons. The fraction of sp³-hybridized carbons (Fsp3) is 0.857. The lowest BCUT2D eigenvalue weighted by molar-refractivity contribution is -0.140. The maximum absolute atomic E-state index is 10.6. The van der Waals surface area contributed by atoms with Gasteiger partial charge in [-0.2, -0.15) is 11.8 Å². The number of alkyl halides is 1. The van der Waals surface area contributed by atoms with E-state index in [-0.39, 0.29) is 5.97 Å². The maximum atomic E-state index is 10.6. The molecule has 4 heteroatoms. The SMILES string of the molecule is COC(=O)CCSCCCCl. The summed E-state index contributed by atoms with van der Waals surface area (Å²) in [6, 6.07) is 0. The second-order valence-electron chi connectivity index (χ2n) is 1.98. The van der Waals surface area contributed by atoms with Gasteiger partial charge in [0.25, 0.3) is 0 Å². The topological polar surface area (TPSA) is 26.3 Å². The summed E-state index contributed by atoms with van der Waals surface area (Å²) >= 11 is 7.20. The van der Waals surface area contributed by atoms with E-state index in [0.717, 1.165) is 17.9 Å². The fourth-order valence-corrected chi connectivity index (χ4v) is 1.67. The van der Waals surface area contributed by atoms with Crippen molar-refractivity contribution >= 4 is 29.3 Å². The Morgan fingerprint density at radius 2 is 2.27 bits per heavy atom. The first-order valence-electron chi connectivity index (χ1n) is 3.51. The molecule has 0 aliphatic carbocycles. The van der Waals surface area contributed by atoms with Crippen LogP contribution in [0.4, 0.5) is 0 Å². The molecule has 0 radical (unpaired) electrons. The van der Waals surface area contributed by atoms with Crippen LogP contribution in [0.1, 0.15) is 12.8 Å². The highest BCUT2D eigenvalue weighted by molar-refractivity contribution is 7.99. The lowest BCUT2D eigenvalue weighted by Crippen LogP contribution is -2.01. The smallest absolute Gasteiger partial charge is 0.306 e. The molecule has 0 unspecified atom stereocenters. The van der Waals surface area contributed by atoms with Gasteiger partial charge < -0.3 is 4.74 Å². The molecule has 0 N–H and O–H groups in total. The van der Waals surface area contributed by atoms with Gasteiger partial charge in [0.1, 0.15) is 0 Å². The van der Waals surface area contributed by atoms with Crippen LogP contribution in [-0.4, -0.2) is 30.5 Å². The molecule has 0 heterocycles. The Hall–Kier alpha value is 0.110. The summed E-state index contributed by atoms with van der Waals surface area (Å²) in [5.74, 6) is 2.43.